The summed E-state index contributed by atoms with van der Waals surface area (Å²) < 4.78 is 0. The van der Waals surface area contributed by atoms with E-state index in [1.807, 2.05) is 37.3 Å². The van der Waals surface area contributed by atoms with Crippen LogP contribution in [-0.4, -0.2) is 10.9 Å². The molecule has 1 aromatic carbocycles. The molecule has 2 nitrogen and oxygen atoms in total. The number of hydrogen-bond donors (Lipinski definition) is 1. The lowest BCUT2D eigenvalue weighted by Crippen LogP contribution is -2.34. The van der Waals surface area contributed by atoms with Crippen molar-refractivity contribution in [3.63, 3.8) is 0 Å². The van der Waals surface area contributed by atoms with E-state index in [0.29, 0.717) is 12.8 Å². The molecule has 25 heavy (non-hydrogen) atoms. The van der Waals surface area contributed by atoms with Crippen LogP contribution in [0.4, 0.5) is 0 Å². The Labute approximate surface area is 155 Å². The molecule has 142 valence electrons. The van der Waals surface area contributed by atoms with Crippen LogP contribution in [-0.2, 0) is 10.4 Å². The highest BCUT2D eigenvalue weighted by molar-refractivity contribution is 5.88. The van der Waals surface area contributed by atoms with Crippen LogP contribution in [0, 0.1) is 0 Å². The zero-order chi connectivity index (χ0) is 18.4. The molecular formula is C23H38O2. The molecule has 0 aromatic heterocycles. The van der Waals surface area contributed by atoms with Gasteiger partial charge in [-0.15, -0.1) is 0 Å². The first-order valence-corrected chi connectivity index (χ1v) is 10.5. The predicted molar refractivity (Wildman–Crippen MR) is 107 cm³/mol. The molecular weight excluding hydrogens is 308 g/mol. The van der Waals surface area contributed by atoms with Crippen LogP contribution in [0.5, 0.6) is 0 Å². The Hall–Kier alpha value is -1.15. The molecule has 1 unspecified atom stereocenters. The summed E-state index contributed by atoms with van der Waals surface area (Å²) in [5.74, 6) is -0.0304. The number of aliphatic hydroxyl groups is 1. The van der Waals surface area contributed by atoms with Gasteiger partial charge in [-0.3, -0.25) is 4.79 Å². The first-order chi connectivity index (χ1) is 12.1. The van der Waals surface area contributed by atoms with Gasteiger partial charge in [0.2, 0.25) is 0 Å². The Balaban J connectivity index is 2.14. The van der Waals surface area contributed by atoms with E-state index in [1.165, 1.54) is 57.8 Å². The lowest BCUT2D eigenvalue weighted by atomic mass is 9.85. The Bertz CT molecular complexity index is 454. The molecule has 0 amide bonds. The van der Waals surface area contributed by atoms with Crippen molar-refractivity contribution in [1.29, 1.82) is 0 Å². The second kappa shape index (κ2) is 13.1. The number of hydrogen-bond acceptors (Lipinski definition) is 2. The Morgan fingerprint density at radius 2 is 1.28 bits per heavy atom. The maximum Gasteiger partial charge on any atom is 0.168 e. The van der Waals surface area contributed by atoms with Gasteiger partial charge >= 0.3 is 0 Å². The molecule has 1 N–H and O–H groups in total. The van der Waals surface area contributed by atoms with Gasteiger partial charge in [-0.25, -0.2) is 0 Å². The standard InChI is InChI=1S/C23H38O2/c1-3-5-6-7-8-9-10-11-12-13-17-20-22(24)23(25,4-2)21-18-15-14-16-19-21/h14-16,18-19,25H,3-13,17,20H2,1-2H3. The zero-order valence-electron chi connectivity index (χ0n) is 16.4. The molecule has 1 atom stereocenters. The summed E-state index contributed by atoms with van der Waals surface area (Å²) in [7, 11) is 0. The highest BCUT2D eigenvalue weighted by Gasteiger charge is 2.34. The summed E-state index contributed by atoms with van der Waals surface area (Å²) in [6.07, 6.45) is 14.9. The van der Waals surface area contributed by atoms with E-state index in [9.17, 15) is 9.90 Å². The molecule has 2 heteroatoms. The van der Waals surface area contributed by atoms with Crippen LogP contribution in [0.25, 0.3) is 0 Å². The zero-order valence-corrected chi connectivity index (χ0v) is 16.4. The lowest BCUT2D eigenvalue weighted by Gasteiger charge is -2.25. The van der Waals surface area contributed by atoms with Gasteiger partial charge in [0.15, 0.2) is 5.78 Å². The van der Waals surface area contributed by atoms with Gasteiger partial charge < -0.3 is 5.11 Å². The van der Waals surface area contributed by atoms with Gasteiger partial charge in [0, 0.05) is 6.42 Å². The molecule has 0 aliphatic rings. The number of Topliss-reactive ketones (excluding diaryl/α,β-unsaturated/α-hetero) is 1. The maximum absolute atomic E-state index is 12.5. The van der Waals surface area contributed by atoms with Crippen molar-refractivity contribution in [3.8, 4) is 0 Å². The minimum absolute atomic E-state index is 0.0304. The van der Waals surface area contributed by atoms with Crippen LogP contribution in [0.3, 0.4) is 0 Å². The van der Waals surface area contributed by atoms with Gasteiger partial charge in [-0.05, 0) is 18.4 Å². The van der Waals surface area contributed by atoms with E-state index in [1.54, 1.807) is 0 Å². The highest BCUT2D eigenvalue weighted by atomic mass is 16.3. The Kier molecular flexibility index (Phi) is 11.5. The normalized spacial score (nSPS) is 13.6. The quantitative estimate of drug-likeness (QED) is 0.365. The van der Waals surface area contributed by atoms with E-state index in [4.69, 9.17) is 0 Å². The Morgan fingerprint density at radius 1 is 0.800 bits per heavy atom. The van der Waals surface area contributed by atoms with E-state index < -0.39 is 5.60 Å². The van der Waals surface area contributed by atoms with Crippen LogP contribution >= 0.6 is 0 Å². The van der Waals surface area contributed by atoms with Crippen LogP contribution < -0.4 is 0 Å². The molecule has 0 bridgehead atoms. The van der Waals surface area contributed by atoms with Gasteiger partial charge in [0.25, 0.3) is 0 Å². The first-order valence-electron chi connectivity index (χ1n) is 10.5. The van der Waals surface area contributed by atoms with Crippen LogP contribution in [0.15, 0.2) is 30.3 Å². The summed E-state index contributed by atoms with van der Waals surface area (Å²) in [5.41, 5.74) is -0.578. The lowest BCUT2D eigenvalue weighted by molar-refractivity contribution is -0.139. The minimum atomic E-state index is -1.31. The SMILES string of the molecule is CCCCCCCCCCCCCC(=O)C(O)(CC)c1ccccc1. The van der Waals surface area contributed by atoms with E-state index >= 15 is 0 Å². The molecule has 1 aromatic rings. The fourth-order valence-electron chi connectivity index (χ4n) is 3.43. The van der Waals surface area contributed by atoms with Crippen molar-refractivity contribution in [2.24, 2.45) is 0 Å². The van der Waals surface area contributed by atoms with E-state index in [2.05, 4.69) is 6.92 Å². The molecule has 1 rings (SSSR count). The van der Waals surface area contributed by atoms with Crippen molar-refractivity contribution in [2.45, 2.75) is 103 Å². The topological polar surface area (TPSA) is 37.3 Å². The number of carbonyl (C=O) groups excluding carboxylic acids is 1. The summed E-state index contributed by atoms with van der Waals surface area (Å²) in [6, 6.07) is 9.37. The number of ketones is 1. The predicted octanol–water partition coefficient (Wildman–Crippen LogP) is 6.55. The third-order valence-corrected chi connectivity index (χ3v) is 5.23. The number of carbonyl (C=O) groups is 1. The van der Waals surface area contributed by atoms with Gasteiger partial charge in [-0.2, -0.15) is 0 Å². The summed E-state index contributed by atoms with van der Waals surface area (Å²) in [5, 5.41) is 10.8. The molecule has 0 radical (unpaired) electrons. The third kappa shape index (κ3) is 8.18. The van der Waals surface area contributed by atoms with Crippen LogP contribution in [0.2, 0.25) is 0 Å². The molecule has 0 aliphatic heterocycles. The first kappa shape index (κ1) is 21.9. The molecule has 0 aliphatic carbocycles. The van der Waals surface area contributed by atoms with Crippen molar-refractivity contribution in [3.05, 3.63) is 35.9 Å². The second-order valence-electron chi connectivity index (χ2n) is 7.29. The van der Waals surface area contributed by atoms with Gasteiger partial charge in [0.1, 0.15) is 5.60 Å². The third-order valence-electron chi connectivity index (χ3n) is 5.23. The molecule has 0 heterocycles. The van der Waals surface area contributed by atoms with Gasteiger partial charge in [-0.1, -0.05) is 108 Å². The van der Waals surface area contributed by atoms with E-state index in [0.717, 1.165) is 18.4 Å². The smallest absolute Gasteiger partial charge is 0.168 e. The highest BCUT2D eigenvalue weighted by Crippen LogP contribution is 2.28. The average Bonchev–Trinajstić information content (AvgIpc) is 2.66. The number of rotatable bonds is 15. The molecule has 0 saturated heterocycles. The number of benzene rings is 1. The van der Waals surface area contributed by atoms with Crippen LogP contribution in [0.1, 0.15) is 103 Å². The molecule has 0 spiro atoms. The van der Waals surface area contributed by atoms with Crippen molar-refractivity contribution in [1.82, 2.24) is 0 Å². The Morgan fingerprint density at radius 3 is 1.76 bits per heavy atom. The fraction of sp³-hybridized carbons (Fsp3) is 0.696. The van der Waals surface area contributed by atoms with E-state index in [-0.39, 0.29) is 5.78 Å². The summed E-state index contributed by atoms with van der Waals surface area (Å²) >= 11 is 0. The van der Waals surface area contributed by atoms with Crippen molar-refractivity contribution in [2.75, 3.05) is 0 Å². The van der Waals surface area contributed by atoms with Crippen molar-refractivity contribution >= 4 is 5.78 Å². The average molecular weight is 347 g/mol. The molecule has 0 fully saturated rings. The monoisotopic (exact) mass is 346 g/mol. The fourth-order valence-corrected chi connectivity index (χ4v) is 3.43. The van der Waals surface area contributed by atoms with Gasteiger partial charge in [0.05, 0.1) is 0 Å². The minimum Gasteiger partial charge on any atom is -0.377 e. The summed E-state index contributed by atoms with van der Waals surface area (Å²) in [6.45, 7) is 4.14. The maximum atomic E-state index is 12.5. The largest absolute Gasteiger partial charge is 0.377 e. The summed E-state index contributed by atoms with van der Waals surface area (Å²) in [4.78, 5) is 12.5. The molecule has 0 saturated carbocycles. The number of unbranched alkanes of at least 4 members (excludes halogenated alkanes) is 10. The van der Waals surface area contributed by atoms with Crippen molar-refractivity contribution < 1.29 is 9.90 Å². The second-order valence-corrected chi connectivity index (χ2v) is 7.29.